The molecule has 2 aromatic heterocycles. The van der Waals surface area contributed by atoms with Crippen LogP contribution >= 0.6 is 15.9 Å². The summed E-state index contributed by atoms with van der Waals surface area (Å²) in [6.45, 7) is 0. The Hall–Kier alpha value is -3.00. The van der Waals surface area contributed by atoms with Crippen molar-refractivity contribution in [3.05, 3.63) is 63.1 Å². The highest BCUT2D eigenvalue weighted by Gasteiger charge is 2.22. The molecule has 0 bridgehead atoms. The average Bonchev–Trinajstić information content (AvgIpc) is 3.10. The van der Waals surface area contributed by atoms with Crippen LogP contribution in [0, 0.1) is 5.82 Å². The monoisotopic (exact) mass is 415 g/mol. The summed E-state index contributed by atoms with van der Waals surface area (Å²) in [5.74, 6) is -0.795. The maximum absolute atomic E-state index is 13.6. The number of aromatic hydroxyl groups is 1. The molecule has 0 unspecified atom stereocenters. The predicted octanol–water partition coefficient (Wildman–Crippen LogP) is 3.86. The van der Waals surface area contributed by atoms with Gasteiger partial charge in [0.25, 0.3) is 11.4 Å². The maximum Gasteiger partial charge on any atom is 0.267 e. The van der Waals surface area contributed by atoms with Crippen LogP contribution in [0.1, 0.15) is 0 Å². The Labute approximate surface area is 154 Å². The van der Waals surface area contributed by atoms with Crippen LogP contribution in [0.15, 0.2) is 56.3 Å². The van der Waals surface area contributed by atoms with Crippen LogP contribution in [-0.4, -0.2) is 19.8 Å². The second-order valence-electron chi connectivity index (χ2n) is 5.68. The minimum absolute atomic E-state index is 0.135. The molecule has 1 N–H and O–H groups in total. The standard InChI is InChI=1S/C18H11BrFN3O3/c1-23-13-6-5-11(20)8-12(13)15(24)14(18(23)25)17-21-16(22-26-17)9-3-2-4-10(19)7-9/h2-8,24H,1H3. The molecule has 0 atom stereocenters. The van der Waals surface area contributed by atoms with Gasteiger partial charge in [0.05, 0.1) is 5.52 Å². The molecule has 0 saturated carbocycles. The number of hydrogen-bond acceptors (Lipinski definition) is 5. The number of halogens is 2. The van der Waals surface area contributed by atoms with E-state index in [2.05, 4.69) is 26.1 Å². The summed E-state index contributed by atoms with van der Waals surface area (Å²) < 4.78 is 20.9. The van der Waals surface area contributed by atoms with Crippen LogP contribution in [-0.2, 0) is 7.05 Å². The minimum Gasteiger partial charge on any atom is -0.506 e. The Bertz CT molecular complexity index is 1220. The number of pyridine rings is 1. The molecule has 0 radical (unpaired) electrons. The lowest BCUT2D eigenvalue weighted by atomic mass is 10.1. The van der Waals surface area contributed by atoms with Crippen molar-refractivity contribution < 1.29 is 14.0 Å². The van der Waals surface area contributed by atoms with E-state index in [1.54, 1.807) is 12.1 Å². The van der Waals surface area contributed by atoms with E-state index < -0.39 is 17.1 Å². The quantitative estimate of drug-likeness (QED) is 0.537. The molecule has 8 heteroatoms. The SMILES string of the molecule is Cn1c(=O)c(-c2nc(-c3cccc(Br)c3)no2)c(O)c2cc(F)ccc21. The van der Waals surface area contributed by atoms with Crippen molar-refractivity contribution in [3.8, 4) is 28.6 Å². The Morgan fingerprint density at radius 3 is 2.81 bits per heavy atom. The number of fused-ring (bicyclic) bond motifs is 1. The Balaban J connectivity index is 1.94. The third-order valence-electron chi connectivity index (χ3n) is 4.05. The van der Waals surface area contributed by atoms with Crippen LogP contribution in [0.3, 0.4) is 0 Å². The van der Waals surface area contributed by atoms with Crippen LogP contribution in [0.4, 0.5) is 4.39 Å². The third-order valence-corrected chi connectivity index (χ3v) is 4.55. The van der Waals surface area contributed by atoms with Gasteiger partial charge in [0.2, 0.25) is 5.82 Å². The molecule has 6 nitrogen and oxygen atoms in total. The van der Waals surface area contributed by atoms with Crippen molar-refractivity contribution in [2.45, 2.75) is 0 Å². The zero-order valence-electron chi connectivity index (χ0n) is 13.4. The van der Waals surface area contributed by atoms with Crippen LogP contribution in [0.25, 0.3) is 33.7 Å². The Morgan fingerprint density at radius 2 is 2.04 bits per heavy atom. The van der Waals surface area contributed by atoms with Gasteiger partial charge in [-0.2, -0.15) is 4.98 Å². The molecule has 0 aliphatic carbocycles. The predicted molar refractivity (Wildman–Crippen MR) is 97.2 cm³/mol. The second-order valence-corrected chi connectivity index (χ2v) is 6.60. The highest BCUT2D eigenvalue weighted by atomic mass is 79.9. The van der Waals surface area contributed by atoms with Crippen LogP contribution in [0.5, 0.6) is 5.75 Å². The molecular weight excluding hydrogens is 405 g/mol. The highest BCUT2D eigenvalue weighted by Crippen LogP contribution is 2.33. The van der Waals surface area contributed by atoms with Crippen molar-refractivity contribution in [2.75, 3.05) is 0 Å². The van der Waals surface area contributed by atoms with Crippen LogP contribution < -0.4 is 5.56 Å². The van der Waals surface area contributed by atoms with Crippen LogP contribution in [0.2, 0.25) is 0 Å². The fourth-order valence-electron chi connectivity index (χ4n) is 2.77. The van der Waals surface area contributed by atoms with E-state index in [1.165, 1.54) is 23.7 Å². The van der Waals surface area contributed by atoms with Gasteiger partial charge >= 0.3 is 0 Å². The molecule has 0 spiro atoms. The lowest BCUT2D eigenvalue weighted by molar-refractivity contribution is 0.425. The van der Waals surface area contributed by atoms with Crippen molar-refractivity contribution in [2.24, 2.45) is 7.05 Å². The molecule has 4 aromatic rings. The largest absolute Gasteiger partial charge is 0.506 e. The fourth-order valence-corrected chi connectivity index (χ4v) is 3.17. The van der Waals surface area contributed by atoms with E-state index in [9.17, 15) is 14.3 Å². The van der Waals surface area contributed by atoms with E-state index in [1.807, 2.05) is 12.1 Å². The summed E-state index contributed by atoms with van der Waals surface area (Å²) in [5, 5.41) is 14.6. The Morgan fingerprint density at radius 1 is 1.23 bits per heavy atom. The van der Waals surface area contributed by atoms with E-state index in [0.29, 0.717) is 11.1 Å². The van der Waals surface area contributed by atoms with Gasteiger partial charge in [-0.3, -0.25) is 4.79 Å². The van der Waals surface area contributed by atoms with Gasteiger partial charge in [0.1, 0.15) is 17.1 Å². The van der Waals surface area contributed by atoms with Crippen molar-refractivity contribution in [3.63, 3.8) is 0 Å². The summed E-state index contributed by atoms with van der Waals surface area (Å²) in [6.07, 6.45) is 0. The second kappa shape index (κ2) is 6.06. The molecule has 130 valence electrons. The van der Waals surface area contributed by atoms with Gasteiger partial charge < -0.3 is 14.2 Å². The lowest BCUT2D eigenvalue weighted by Gasteiger charge is -2.09. The molecule has 0 fully saturated rings. The minimum atomic E-state index is -0.530. The molecule has 0 saturated heterocycles. The average molecular weight is 416 g/mol. The first-order valence-electron chi connectivity index (χ1n) is 7.57. The molecule has 2 heterocycles. The molecule has 4 rings (SSSR count). The van der Waals surface area contributed by atoms with Gasteiger partial charge in [0, 0.05) is 22.5 Å². The smallest absolute Gasteiger partial charge is 0.267 e. The number of rotatable bonds is 2. The van der Waals surface area contributed by atoms with E-state index in [0.717, 1.165) is 10.5 Å². The third kappa shape index (κ3) is 2.59. The van der Waals surface area contributed by atoms with Crippen molar-refractivity contribution in [1.29, 1.82) is 0 Å². The highest BCUT2D eigenvalue weighted by molar-refractivity contribution is 9.10. The first-order valence-corrected chi connectivity index (χ1v) is 8.36. The first-order chi connectivity index (χ1) is 12.5. The summed E-state index contributed by atoms with van der Waals surface area (Å²) >= 11 is 3.36. The first kappa shape index (κ1) is 16.5. The summed E-state index contributed by atoms with van der Waals surface area (Å²) in [6, 6.07) is 11.0. The number of nitrogens with zero attached hydrogens (tertiary/aromatic N) is 3. The number of benzene rings is 2. The van der Waals surface area contributed by atoms with E-state index in [-0.39, 0.29) is 22.7 Å². The lowest BCUT2D eigenvalue weighted by Crippen LogP contribution is -2.19. The summed E-state index contributed by atoms with van der Waals surface area (Å²) in [7, 11) is 1.52. The topological polar surface area (TPSA) is 81.2 Å². The number of aryl methyl sites for hydroxylation is 1. The maximum atomic E-state index is 13.6. The van der Waals surface area contributed by atoms with Gasteiger partial charge in [-0.1, -0.05) is 33.2 Å². The zero-order valence-corrected chi connectivity index (χ0v) is 15.0. The van der Waals surface area contributed by atoms with E-state index in [4.69, 9.17) is 4.52 Å². The van der Waals surface area contributed by atoms with Gasteiger partial charge in [-0.25, -0.2) is 4.39 Å². The summed E-state index contributed by atoms with van der Waals surface area (Å²) in [4.78, 5) is 16.9. The molecule has 0 aliphatic rings. The van der Waals surface area contributed by atoms with Gasteiger partial charge in [-0.05, 0) is 30.3 Å². The summed E-state index contributed by atoms with van der Waals surface area (Å²) in [5.41, 5.74) is 0.382. The number of aromatic nitrogens is 3. The molecular formula is C18H11BrFN3O3. The Kier molecular flexibility index (Phi) is 3.84. The molecule has 0 amide bonds. The van der Waals surface area contributed by atoms with Gasteiger partial charge in [0.15, 0.2) is 0 Å². The number of hydrogen-bond donors (Lipinski definition) is 1. The normalized spacial score (nSPS) is 11.2. The van der Waals surface area contributed by atoms with Gasteiger partial charge in [-0.15, -0.1) is 0 Å². The molecule has 2 aromatic carbocycles. The van der Waals surface area contributed by atoms with E-state index >= 15 is 0 Å². The van der Waals surface area contributed by atoms with Crippen molar-refractivity contribution in [1.82, 2.24) is 14.7 Å². The zero-order chi connectivity index (χ0) is 18.4. The molecule has 0 aliphatic heterocycles. The molecule has 26 heavy (non-hydrogen) atoms. The van der Waals surface area contributed by atoms with Crippen molar-refractivity contribution >= 4 is 26.8 Å². The fraction of sp³-hybridized carbons (Fsp3) is 0.0556.